The summed E-state index contributed by atoms with van der Waals surface area (Å²) in [5.41, 5.74) is 1.46. The number of nitrogens with zero attached hydrogens (tertiary/aromatic N) is 3. The van der Waals surface area contributed by atoms with Gasteiger partial charge in [-0.15, -0.1) is 10.2 Å². The van der Waals surface area contributed by atoms with Crippen LogP contribution in [0.3, 0.4) is 0 Å². The number of ketones is 1. The quantitative estimate of drug-likeness (QED) is 0.479. The Morgan fingerprint density at radius 3 is 2.56 bits per heavy atom. The van der Waals surface area contributed by atoms with Crippen molar-refractivity contribution in [3.8, 4) is 17.2 Å². The highest BCUT2D eigenvalue weighted by Crippen LogP contribution is 2.24. The number of carbonyl (C=O) groups is 1. The molecule has 0 bridgehead atoms. The summed E-state index contributed by atoms with van der Waals surface area (Å²) in [4.78, 5) is 12.5. The van der Waals surface area contributed by atoms with E-state index in [0.29, 0.717) is 16.5 Å². The number of para-hydroxylation sites is 1. The van der Waals surface area contributed by atoms with E-state index in [1.54, 1.807) is 32.7 Å². The minimum atomic E-state index is -0.0215. The van der Waals surface area contributed by atoms with Crippen LogP contribution in [0.4, 0.5) is 0 Å². The van der Waals surface area contributed by atoms with Crippen molar-refractivity contribution in [2.75, 3.05) is 20.0 Å². The van der Waals surface area contributed by atoms with Gasteiger partial charge in [0.05, 0.1) is 25.5 Å². The van der Waals surface area contributed by atoms with E-state index in [-0.39, 0.29) is 11.5 Å². The number of Topliss-reactive ketones (excluding diaryl/α,β-unsaturated/α-hetero) is 1. The van der Waals surface area contributed by atoms with Crippen molar-refractivity contribution in [2.45, 2.75) is 5.16 Å². The Labute approximate surface area is 149 Å². The lowest BCUT2D eigenvalue weighted by Gasteiger charge is -2.08. The van der Waals surface area contributed by atoms with Crippen LogP contribution in [0.2, 0.25) is 0 Å². The first kappa shape index (κ1) is 17.0. The van der Waals surface area contributed by atoms with E-state index in [0.717, 1.165) is 11.4 Å². The Hall–Kier alpha value is -2.80. The summed E-state index contributed by atoms with van der Waals surface area (Å²) in [5, 5.41) is 8.70. The van der Waals surface area contributed by atoms with Crippen molar-refractivity contribution < 1.29 is 14.3 Å². The molecule has 0 aliphatic carbocycles. The molecule has 0 saturated heterocycles. The monoisotopic (exact) mass is 355 g/mol. The normalized spacial score (nSPS) is 10.5. The highest BCUT2D eigenvalue weighted by Gasteiger charge is 2.14. The van der Waals surface area contributed by atoms with Crippen LogP contribution in [0.5, 0.6) is 11.5 Å². The Kier molecular flexibility index (Phi) is 5.35. The average molecular weight is 355 g/mol. The van der Waals surface area contributed by atoms with Crippen LogP contribution in [0.1, 0.15) is 10.4 Å². The fourth-order valence-electron chi connectivity index (χ4n) is 2.33. The number of thioether (sulfide) groups is 1. The second-order valence-corrected chi connectivity index (χ2v) is 6.04. The molecule has 0 aliphatic heterocycles. The van der Waals surface area contributed by atoms with Gasteiger partial charge in [-0.3, -0.25) is 9.36 Å². The largest absolute Gasteiger partial charge is 0.497 e. The fourth-order valence-corrected chi connectivity index (χ4v) is 3.14. The van der Waals surface area contributed by atoms with Crippen molar-refractivity contribution in [2.24, 2.45) is 0 Å². The van der Waals surface area contributed by atoms with Crippen LogP contribution in [-0.2, 0) is 0 Å². The zero-order chi connectivity index (χ0) is 17.6. The summed E-state index contributed by atoms with van der Waals surface area (Å²) in [6.45, 7) is 0. The highest BCUT2D eigenvalue weighted by atomic mass is 32.2. The molecule has 128 valence electrons. The smallest absolute Gasteiger partial charge is 0.196 e. The molecule has 0 fully saturated rings. The molecular weight excluding hydrogens is 338 g/mol. The van der Waals surface area contributed by atoms with Gasteiger partial charge in [-0.1, -0.05) is 23.9 Å². The molecule has 0 spiro atoms. The van der Waals surface area contributed by atoms with Gasteiger partial charge >= 0.3 is 0 Å². The minimum Gasteiger partial charge on any atom is -0.497 e. The van der Waals surface area contributed by atoms with Crippen LogP contribution in [0.15, 0.2) is 60.0 Å². The molecule has 0 aliphatic rings. The van der Waals surface area contributed by atoms with Crippen molar-refractivity contribution in [1.82, 2.24) is 14.8 Å². The second kappa shape index (κ2) is 7.85. The molecule has 0 radical (unpaired) electrons. The van der Waals surface area contributed by atoms with Gasteiger partial charge in [-0.05, 0) is 36.4 Å². The SMILES string of the molecule is COc1ccc(-n2cnnc2SCC(=O)c2ccccc2OC)cc1. The number of hydrogen-bond donors (Lipinski definition) is 0. The van der Waals surface area contributed by atoms with Crippen molar-refractivity contribution in [3.63, 3.8) is 0 Å². The maximum atomic E-state index is 12.5. The van der Waals surface area contributed by atoms with Gasteiger partial charge < -0.3 is 9.47 Å². The first-order valence-corrected chi connectivity index (χ1v) is 8.55. The van der Waals surface area contributed by atoms with E-state index in [1.807, 2.05) is 41.0 Å². The number of benzene rings is 2. The summed E-state index contributed by atoms with van der Waals surface area (Å²) < 4.78 is 12.2. The van der Waals surface area contributed by atoms with Crippen LogP contribution in [0.25, 0.3) is 5.69 Å². The van der Waals surface area contributed by atoms with Crippen LogP contribution in [-0.4, -0.2) is 40.5 Å². The van der Waals surface area contributed by atoms with E-state index in [1.165, 1.54) is 11.8 Å². The number of ether oxygens (including phenoxy) is 2. The second-order valence-electron chi connectivity index (χ2n) is 5.09. The number of hydrogen-bond acceptors (Lipinski definition) is 6. The molecule has 1 heterocycles. The Morgan fingerprint density at radius 2 is 1.84 bits per heavy atom. The predicted octanol–water partition coefficient (Wildman–Crippen LogP) is 3.26. The van der Waals surface area contributed by atoms with Gasteiger partial charge in [0, 0.05) is 5.69 Å². The Morgan fingerprint density at radius 1 is 1.08 bits per heavy atom. The maximum absolute atomic E-state index is 12.5. The lowest BCUT2D eigenvalue weighted by Crippen LogP contribution is -2.06. The summed E-state index contributed by atoms with van der Waals surface area (Å²) in [6, 6.07) is 14.7. The zero-order valence-electron chi connectivity index (χ0n) is 13.9. The van der Waals surface area contributed by atoms with E-state index in [2.05, 4.69) is 10.2 Å². The molecule has 1 aromatic heterocycles. The molecule has 0 unspecified atom stereocenters. The van der Waals surface area contributed by atoms with Crippen LogP contribution in [0, 0.1) is 0 Å². The number of methoxy groups -OCH3 is 2. The molecular formula is C18H17N3O3S. The van der Waals surface area contributed by atoms with Crippen molar-refractivity contribution in [1.29, 1.82) is 0 Å². The van der Waals surface area contributed by atoms with E-state index < -0.39 is 0 Å². The van der Waals surface area contributed by atoms with Gasteiger partial charge in [-0.25, -0.2) is 0 Å². The predicted molar refractivity (Wildman–Crippen MR) is 96.0 cm³/mol. The van der Waals surface area contributed by atoms with Gasteiger partial charge in [0.1, 0.15) is 17.8 Å². The van der Waals surface area contributed by atoms with E-state index >= 15 is 0 Å². The van der Waals surface area contributed by atoms with Crippen LogP contribution >= 0.6 is 11.8 Å². The highest BCUT2D eigenvalue weighted by molar-refractivity contribution is 7.99. The van der Waals surface area contributed by atoms with E-state index in [4.69, 9.17) is 9.47 Å². The van der Waals surface area contributed by atoms with Gasteiger partial charge in [0.2, 0.25) is 0 Å². The molecule has 0 saturated carbocycles. The molecule has 0 N–H and O–H groups in total. The Balaban J connectivity index is 1.74. The molecule has 2 aromatic carbocycles. The molecule has 0 atom stereocenters. The average Bonchev–Trinajstić information content (AvgIpc) is 3.14. The molecule has 6 nitrogen and oxygen atoms in total. The standard InChI is InChI=1S/C18H17N3O3S/c1-23-14-9-7-13(8-10-14)21-12-19-20-18(21)25-11-16(22)15-5-3-4-6-17(15)24-2/h3-10,12H,11H2,1-2H3. The zero-order valence-corrected chi connectivity index (χ0v) is 14.7. The third-order valence-corrected chi connectivity index (χ3v) is 4.55. The topological polar surface area (TPSA) is 66.2 Å². The number of carbonyl (C=O) groups excluding carboxylic acids is 1. The van der Waals surface area contributed by atoms with Crippen molar-refractivity contribution >= 4 is 17.5 Å². The molecule has 0 amide bonds. The van der Waals surface area contributed by atoms with Crippen LogP contribution < -0.4 is 9.47 Å². The summed E-state index contributed by atoms with van der Waals surface area (Å²) in [7, 11) is 3.18. The molecule has 3 aromatic rings. The maximum Gasteiger partial charge on any atom is 0.196 e. The molecule has 25 heavy (non-hydrogen) atoms. The summed E-state index contributed by atoms with van der Waals surface area (Å²) in [6.07, 6.45) is 1.62. The van der Waals surface area contributed by atoms with Gasteiger partial charge in [-0.2, -0.15) is 0 Å². The molecule has 3 rings (SSSR count). The Bertz CT molecular complexity index is 862. The first-order valence-electron chi connectivity index (χ1n) is 7.56. The summed E-state index contributed by atoms with van der Waals surface area (Å²) >= 11 is 1.33. The minimum absolute atomic E-state index is 0.0215. The third kappa shape index (κ3) is 3.83. The first-order chi connectivity index (χ1) is 12.2. The lowest BCUT2D eigenvalue weighted by molar-refractivity contribution is 0.101. The third-order valence-electron chi connectivity index (χ3n) is 3.61. The molecule has 7 heteroatoms. The van der Waals surface area contributed by atoms with Gasteiger partial charge in [0.15, 0.2) is 10.9 Å². The summed E-state index contributed by atoms with van der Waals surface area (Å²) in [5.74, 6) is 1.57. The van der Waals surface area contributed by atoms with E-state index in [9.17, 15) is 4.79 Å². The number of aromatic nitrogens is 3. The lowest BCUT2D eigenvalue weighted by atomic mass is 10.1. The van der Waals surface area contributed by atoms with Crippen molar-refractivity contribution in [3.05, 3.63) is 60.4 Å². The number of rotatable bonds is 7. The van der Waals surface area contributed by atoms with Gasteiger partial charge in [0.25, 0.3) is 0 Å². The fraction of sp³-hybridized carbons (Fsp3) is 0.167.